The molecule has 0 aliphatic carbocycles. The number of unbranched alkanes of at least 4 members (excludes halogenated alkanes) is 1. The summed E-state index contributed by atoms with van der Waals surface area (Å²) in [6, 6.07) is 2.05. The van der Waals surface area contributed by atoms with Crippen LogP contribution in [0.3, 0.4) is 0 Å². The van der Waals surface area contributed by atoms with Crippen molar-refractivity contribution in [2.45, 2.75) is 39.7 Å². The summed E-state index contributed by atoms with van der Waals surface area (Å²) in [7, 11) is 0. The molecule has 98 valence electrons. The van der Waals surface area contributed by atoms with Gasteiger partial charge < -0.3 is 10.0 Å². The predicted octanol–water partition coefficient (Wildman–Crippen LogP) is 1.68. The number of β-amino-alcohol motifs (C(OH)–C–C–N with tert-alkyl or cyclic N) is 1. The van der Waals surface area contributed by atoms with E-state index in [1.54, 1.807) is 4.90 Å². The maximum atomic E-state index is 12.1. The van der Waals surface area contributed by atoms with Crippen LogP contribution in [0.25, 0.3) is 0 Å². The van der Waals surface area contributed by atoms with Crippen LogP contribution < -0.4 is 0 Å². The summed E-state index contributed by atoms with van der Waals surface area (Å²) in [6.07, 6.45) is 3.24. The van der Waals surface area contributed by atoms with E-state index in [1.165, 1.54) is 0 Å². The zero-order valence-corrected chi connectivity index (χ0v) is 11.1. The molecule has 1 aliphatic heterocycles. The van der Waals surface area contributed by atoms with Crippen molar-refractivity contribution in [1.82, 2.24) is 9.88 Å². The van der Waals surface area contributed by atoms with E-state index in [9.17, 15) is 4.79 Å². The van der Waals surface area contributed by atoms with Crippen molar-refractivity contribution in [3.63, 3.8) is 0 Å². The Balaban J connectivity index is 2.26. The van der Waals surface area contributed by atoms with Crippen molar-refractivity contribution in [2.24, 2.45) is 0 Å². The monoisotopic (exact) mass is 248 g/mol. The third-order valence-corrected chi connectivity index (χ3v) is 3.35. The molecule has 1 amide bonds. The number of rotatable bonds is 5. The van der Waals surface area contributed by atoms with Crippen LogP contribution in [-0.2, 0) is 13.0 Å². The van der Waals surface area contributed by atoms with E-state index < -0.39 is 0 Å². The first kappa shape index (κ1) is 13.0. The lowest BCUT2D eigenvalue weighted by Crippen LogP contribution is -2.27. The number of aryl methyl sites for hydroxylation is 2. The molecule has 4 heteroatoms. The normalized spacial score (nSPS) is 14.2. The number of hydrogen-bond donors (Lipinski definition) is 1. The topological polar surface area (TPSA) is 53.4 Å². The molecule has 0 atom stereocenters. The first-order chi connectivity index (χ1) is 8.67. The van der Waals surface area contributed by atoms with E-state index >= 15 is 0 Å². The zero-order valence-electron chi connectivity index (χ0n) is 11.1. The molecule has 1 aliphatic rings. The fourth-order valence-electron chi connectivity index (χ4n) is 2.45. The molecule has 0 aromatic carbocycles. The lowest BCUT2D eigenvalue weighted by Gasteiger charge is -2.12. The van der Waals surface area contributed by atoms with Gasteiger partial charge in [0.25, 0.3) is 5.91 Å². The molecule has 0 saturated heterocycles. The Bertz CT molecular complexity index is 457. The van der Waals surface area contributed by atoms with Crippen molar-refractivity contribution in [3.05, 3.63) is 28.6 Å². The van der Waals surface area contributed by atoms with Crippen LogP contribution in [0.1, 0.15) is 47.1 Å². The summed E-state index contributed by atoms with van der Waals surface area (Å²) in [5.41, 5.74) is 3.70. The number of aliphatic hydroxyl groups excluding tert-OH is 1. The molecule has 1 aromatic heterocycles. The van der Waals surface area contributed by atoms with Gasteiger partial charge in [-0.05, 0) is 31.4 Å². The Morgan fingerprint density at radius 2 is 2.28 bits per heavy atom. The standard InChI is InChI=1S/C14H20N2O2/c1-3-4-5-12-8-11-9-16(6-7-17)14(18)13(11)10(2)15-12/h8,17H,3-7,9H2,1-2H3. The third-order valence-electron chi connectivity index (χ3n) is 3.35. The Labute approximate surface area is 108 Å². The lowest BCUT2D eigenvalue weighted by atomic mass is 10.1. The smallest absolute Gasteiger partial charge is 0.256 e. The molecule has 0 saturated carbocycles. The maximum absolute atomic E-state index is 12.1. The summed E-state index contributed by atoms with van der Waals surface area (Å²) in [6.45, 7) is 5.07. The van der Waals surface area contributed by atoms with Crippen LogP contribution in [0.5, 0.6) is 0 Å². The predicted molar refractivity (Wildman–Crippen MR) is 69.4 cm³/mol. The van der Waals surface area contributed by atoms with Gasteiger partial charge in [-0.25, -0.2) is 0 Å². The Morgan fingerprint density at radius 3 is 2.94 bits per heavy atom. The maximum Gasteiger partial charge on any atom is 0.256 e. The van der Waals surface area contributed by atoms with Gasteiger partial charge in [0.15, 0.2) is 0 Å². The second-order valence-electron chi connectivity index (χ2n) is 4.79. The van der Waals surface area contributed by atoms with Crippen molar-refractivity contribution >= 4 is 5.91 Å². The highest BCUT2D eigenvalue weighted by Gasteiger charge is 2.29. The van der Waals surface area contributed by atoms with Crippen LogP contribution in [0, 0.1) is 6.92 Å². The molecule has 1 aromatic rings. The molecule has 4 nitrogen and oxygen atoms in total. The molecule has 0 bridgehead atoms. The molecule has 0 unspecified atom stereocenters. The van der Waals surface area contributed by atoms with Crippen molar-refractivity contribution in [3.8, 4) is 0 Å². The Morgan fingerprint density at radius 1 is 1.50 bits per heavy atom. The van der Waals surface area contributed by atoms with E-state index in [2.05, 4.69) is 11.9 Å². The van der Waals surface area contributed by atoms with E-state index in [4.69, 9.17) is 5.11 Å². The van der Waals surface area contributed by atoms with Crippen LogP contribution >= 0.6 is 0 Å². The van der Waals surface area contributed by atoms with E-state index in [0.29, 0.717) is 13.1 Å². The summed E-state index contributed by atoms with van der Waals surface area (Å²) in [4.78, 5) is 18.3. The summed E-state index contributed by atoms with van der Waals surface area (Å²) in [5, 5.41) is 8.95. The number of amides is 1. The van der Waals surface area contributed by atoms with E-state index in [1.807, 2.05) is 13.0 Å². The summed E-state index contributed by atoms with van der Waals surface area (Å²) >= 11 is 0. The highest BCUT2D eigenvalue weighted by atomic mass is 16.3. The lowest BCUT2D eigenvalue weighted by molar-refractivity contribution is 0.0745. The molecule has 2 heterocycles. The second kappa shape index (κ2) is 5.48. The van der Waals surface area contributed by atoms with Gasteiger partial charge in [0, 0.05) is 18.8 Å². The van der Waals surface area contributed by atoms with Gasteiger partial charge in [0.05, 0.1) is 17.9 Å². The second-order valence-corrected chi connectivity index (χ2v) is 4.79. The van der Waals surface area contributed by atoms with Gasteiger partial charge in [-0.15, -0.1) is 0 Å². The van der Waals surface area contributed by atoms with Crippen molar-refractivity contribution in [1.29, 1.82) is 0 Å². The zero-order chi connectivity index (χ0) is 13.1. The number of hydrogen-bond acceptors (Lipinski definition) is 3. The minimum absolute atomic E-state index is 0.00564. The van der Waals surface area contributed by atoms with Gasteiger partial charge in [-0.2, -0.15) is 0 Å². The minimum Gasteiger partial charge on any atom is -0.395 e. The number of carbonyl (C=O) groups excluding carboxylic acids is 1. The average molecular weight is 248 g/mol. The van der Waals surface area contributed by atoms with E-state index in [0.717, 1.165) is 41.8 Å². The first-order valence-corrected chi connectivity index (χ1v) is 6.57. The molecule has 0 spiro atoms. The fraction of sp³-hybridized carbons (Fsp3) is 0.571. The van der Waals surface area contributed by atoms with Gasteiger partial charge in [-0.3, -0.25) is 9.78 Å². The van der Waals surface area contributed by atoms with E-state index in [-0.39, 0.29) is 12.5 Å². The molecule has 0 fully saturated rings. The van der Waals surface area contributed by atoms with Crippen LogP contribution in [0.15, 0.2) is 6.07 Å². The molecular weight excluding hydrogens is 228 g/mol. The third kappa shape index (κ3) is 2.38. The molecule has 0 radical (unpaired) electrons. The minimum atomic E-state index is 0.00564. The number of fused-ring (bicyclic) bond motifs is 1. The SMILES string of the molecule is CCCCc1cc2c(c(C)n1)C(=O)N(CCO)C2. The molecule has 18 heavy (non-hydrogen) atoms. The highest BCUT2D eigenvalue weighted by Crippen LogP contribution is 2.25. The number of nitrogens with zero attached hydrogens (tertiary/aromatic N) is 2. The number of aromatic nitrogens is 1. The van der Waals surface area contributed by atoms with Crippen LogP contribution in [-0.4, -0.2) is 34.0 Å². The van der Waals surface area contributed by atoms with Crippen LogP contribution in [0.2, 0.25) is 0 Å². The quantitative estimate of drug-likeness (QED) is 0.862. The first-order valence-electron chi connectivity index (χ1n) is 6.57. The molecule has 2 rings (SSSR count). The summed E-state index contributed by atoms with van der Waals surface area (Å²) in [5.74, 6) is 0.00564. The fourth-order valence-corrected chi connectivity index (χ4v) is 2.45. The van der Waals surface area contributed by atoms with Gasteiger partial charge in [0.2, 0.25) is 0 Å². The largest absolute Gasteiger partial charge is 0.395 e. The van der Waals surface area contributed by atoms with Crippen LogP contribution in [0.4, 0.5) is 0 Å². The average Bonchev–Trinajstić information content (AvgIpc) is 2.65. The van der Waals surface area contributed by atoms with Gasteiger partial charge in [0.1, 0.15) is 0 Å². The van der Waals surface area contributed by atoms with Crippen molar-refractivity contribution in [2.75, 3.05) is 13.2 Å². The molecule has 1 N–H and O–H groups in total. The van der Waals surface area contributed by atoms with Gasteiger partial charge >= 0.3 is 0 Å². The Hall–Kier alpha value is -1.42. The number of carbonyl (C=O) groups is 1. The molecular formula is C14H20N2O2. The number of pyridine rings is 1. The van der Waals surface area contributed by atoms with Gasteiger partial charge in [-0.1, -0.05) is 13.3 Å². The van der Waals surface area contributed by atoms with Crippen molar-refractivity contribution < 1.29 is 9.90 Å². The highest BCUT2D eigenvalue weighted by molar-refractivity contribution is 5.99. The summed E-state index contributed by atoms with van der Waals surface area (Å²) < 4.78 is 0. The number of aliphatic hydroxyl groups is 1. The Kier molecular flexibility index (Phi) is 3.97.